The van der Waals surface area contributed by atoms with Crippen LogP contribution in [0.3, 0.4) is 0 Å². The van der Waals surface area contributed by atoms with E-state index in [1.807, 2.05) is 39.0 Å². The molecular weight excluding hydrogens is 408 g/mol. The van der Waals surface area contributed by atoms with Gasteiger partial charge in [-0.15, -0.1) is 11.3 Å². The fourth-order valence-corrected chi connectivity index (χ4v) is 6.49. The number of fused-ring (bicyclic) bond motifs is 1. The topological polar surface area (TPSA) is 75.0 Å². The third-order valence-electron chi connectivity index (χ3n) is 5.30. The maximum atomic E-state index is 13.4. The number of sulfonamides is 1. The molecule has 0 amide bonds. The maximum absolute atomic E-state index is 13.4. The smallest absolute Gasteiger partial charge is 0.279 e. The van der Waals surface area contributed by atoms with E-state index in [1.165, 1.54) is 25.6 Å². The van der Waals surface area contributed by atoms with E-state index >= 15 is 0 Å². The predicted molar refractivity (Wildman–Crippen MR) is 116 cm³/mol. The van der Waals surface area contributed by atoms with Gasteiger partial charge in [-0.2, -0.15) is 4.31 Å². The Morgan fingerprint density at radius 3 is 2.62 bits per heavy atom. The van der Waals surface area contributed by atoms with Gasteiger partial charge in [0.15, 0.2) is 9.86 Å². The van der Waals surface area contributed by atoms with E-state index in [9.17, 15) is 13.2 Å². The number of hydrogen-bond acceptors (Lipinski definition) is 6. The Morgan fingerprint density at radius 2 is 1.93 bits per heavy atom. The number of benzene rings is 1. The average molecular weight is 433 g/mol. The summed E-state index contributed by atoms with van der Waals surface area (Å²) in [5, 5.41) is 0. The van der Waals surface area contributed by atoms with Crippen LogP contribution in [0.2, 0.25) is 0 Å². The zero-order valence-electron chi connectivity index (χ0n) is 16.9. The Kier molecular flexibility index (Phi) is 5.00. The SMILES string of the molecule is Cc1cccc(N2CCN(S(=O)(=O)c3c(C)nc4sc(C)cn4c3=O)C[C@@H]2C)c1. The van der Waals surface area contributed by atoms with E-state index in [0.717, 1.165) is 10.6 Å². The van der Waals surface area contributed by atoms with Gasteiger partial charge in [0, 0.05) is 42.4 Å². The molecule has 0 saturated carbocycles. The summed E-state index contributed by atoms with van der Waals surface area (Å²) in [7, 11) is -3.94. The normalized spacial score (nSPS) is 18.5. The van der Waals surface area contributed by atoms with Gasteiger partial charge in [-0.25, -0.2) is 13.4 Å². The molecule has 0 bridgehead atoms. The number of piperazine rings is 1. The fourth-order valence-electron chi connectivity index (χ4n) is 3.90. The number of hydrogen-bond donors (Lipinski definition) is 0. The zero-order valence-corrected chi connectivity index (χ0v) is 18.5. The molecule has 9 heteroatoms. The van der Waals surface area contributed by atoms with Crippen molar-refractivity contribution in [1.82, 2.24) is 13.7 Å². The molecule has 1 aliphatic heterocycles. The molecule has 154 valence electrons. The van der Waals surface area contributed by atoms with Crippen LogP contribution in [0.4, 0.5) is 5.69 Å². The van der Waals surface area contributed by atoms with Gasteiger partial charge in [0.25, 0.3) is 15.6 Å². The lowest BCUT2D eigenvalue weighted by Gasteiger charge is -2.40. The van der Waals surface area contributed by atoms with Gasteiger partial charge in [-0.1, -0.05) is 12.1 Å². The van der Waals surface area contributed by atoms with Crippen molar-refractivity contribution >= 4 is 32.0 Å². The van der Waals surface area contributed by atoms with Crippen LogP contribution in [0.5, 0.6) is 0 Å². The molecule has 3 heterocycles. The summed E-state index contributed by atoms with van der Waals surface area (Å²) in [5.41, 5.74) is 1.98. The molecule has 2 aromatic heterocycles. The lowest BCUT2D eigenvalue weighted by atomic mass is 10.1. The van der Waals surface area contributed by atoms with E-state index in [-0.39, 0.29) is 16.6 Å². The molecule has 0 unspecified atom stereocenters. The molecule has 29 heavy (non-hydrogen) atoms. The number of aromatic nitrogens is 2. The van der Waals surface area contributed by atoms with Crippen LogP contribution in [0.1, 0.15) is 23.1 Å². The van der Waals surface area contributed by atoms with Gasteiger partial charge in [-0.05, 0) is 45.4 Å². The molecule has 1 saturated heterocycles. The first-order chi connectivity index (χ1) is 13.7. The highest BCUT2D eigenvalue weighted by Gasteiger charge is 2.36. The molecule has 1 aromatic carbocycles. The van der Waals surface area contributed by atoms with Crippen molar-refractivity contribution in [3.63, 3.8) is 0 Å². The molecule has 0 spiro atoms. The number of thiazole rings is 1. The van der Waals surface area contributed by atoms with Gasteiger partial charge in [0.1, 0.15) is 0 Å². The quantitative estimate of drug-likeness (QED) is 0.636. The monoisotopic (exact) mass is 432 g/mol. The average Bonchev–Trinajstić information content (AvgIpc) is 3.02. The zero-order chi connectivity index (χ0) is 20.9. The van der Waals surface area contributed by atoms with Crippen LogP contribution in [0, 0.1) is 20.8 Å². The summed E-state index contributed by atoms with van der Waals surface area (Å²) in [5.74, 6) is 0. The minimum absolute atomic E-state index is 0.0107. The van der Waals surface area contributed by atoms with Crippen molar-refractivity contribution < 1.29 is 8.42 Å². The lowest BCUT2D eigenvalue weighted by Crippen LogP contribution is -2.54. The van der Waals surface area contributed by atoms with Crippen molar-refractivity contribution in [2.75, 3.05) is 24.5 Å². The van der Waals surface area contributed by atoms with Crippen molar-refractivity contribution in [3.05, 3.63) is 57.0 Å². The van der Waals surface area contributed by atoms with Gasteiger partial charge < -0.3 is 4.90 Å². The number of aryl methyl sites for hydroxylation is 3. The first-order valence-electron chi connectivity index (χ1n) is 9.51. The Hall–Kier alpha value is -2.23. The van der Waals surface area contributed by atoms with Crippen LogP contribution in [0.15, 0.2) is 40.2 Å². The van der Waals surface area contributed by atoms with E-state index in [0.29, 0.717) is 24.6 Å². The Balaban J connectivity index is 1.67. The Morgan fingerprint density at radius 1 is 1.17 bits per heavy atom. The molecule has 0 aliphatic carbocycles. The summed E-state index contributed by atoms with van der Waals surface area (Å²) in [6.07, 6.45) is 1.64. The van der Waals surface area contributed by atoms with Crippen LogP contribution < -0.4 is 10.5 Å². The van der Waals surface area contributed by atoms with Gasteiger partial charge in [0.05, 0.1) is 5.69 Å². The molecule has 0 radical (unpaired) electrons. The van der Waals surface area contributed by atoms with Crippen molar-refractivity contribution in [1.29, 1.82) is 0 Å². The third-order valence-corrected chi connectivity index (χ3v) is 8.19. The van der Waals surface area contributed by atoms with E-state index < -0.39 is 15.6 Å². The molecule has 4 rings (SSSR count). The lowest BCUT2D eigenvalue weighted by molar-refractivity contribution is 0.342. The van der Waals surface area contributed by atoms with E-state index in [2.05, 4.69) is 16.0 Å². The highest BCUT2D eigenvalue weighted by Crippen LogP contribution is 2.25. The second kappa shape index (κ2) is 7.23. The molecule has 7 nitrogen and oxygen atoms in total. The molecular formula is C20H24N4O3S2. The standard InChI is InChI=1S/C20H24N4O3S2/c1-13-6-5-7-17(10-13)23-9-8-22(11-14(23)2)29(26,27)18-16(4)21-20-24(19(18)25)12-15(3)28-20/h5-7,10,12,14H,8-9,11H2,1-4H3/t14-/m0/s1. The second-order valence-corrected chi connectivity index (χ2v) is 10.7. The Bertz CT molecular complexity index is 1250. The first-order valence-corrected chi connectivity index (χ1v) is 11.8. The summed E-state index contributed by atoms with van der Waals surface area (Å²) in [6, 6.07) is 8.19. The van der Waals surface area contributed by atoms with Gasteiger partial charge in [-0.3, -0.25) is 9.20 Å². The Labute approximate surface area is 174 Å². The summed E-state index contributed by atoms with van der Waals surface area (Å²) >= 11 is 1.37. The van der Waals surface area contributed by atoms with Crippen molar-refractivity contribution in [2.45, 2.75) is 38.6 Å². The molecule has 1 atom stereocenters. The van der Waals surface area contributed by atoms with Crippen LogP contribution in [-0.4, -0.2) is 47.8 Å². The van der Waals surface area contributed by atoms with Gasteiger partial charge >= 0.3 is 0 Å². The van der Waals surface area contributed by atoms with E-state index in [1.54, 1.807) is 13.1 Å². The first kappa shape index (κ1) is 20.1. The van der Waals surface area contributed by atoms with Crippen molar-refractivity contribution in [3.8, 4) is 0 Å². The van der Waals surface area contributed by atoms with Crippen molar-refractivity contribution in [2.24, 2.45) is 0 Å². The molecule has 1 fully saturated rings. The third kappa shape index (κ3) is 3.47. The highest BCUT2D eigenvalue weighted by molar-refractivity contribution is 7.89. The maximum Gasteiger partial charge on any atom is 0.279 e. The van der Waals surface area contributed by atoms with Crippen LogP contribution in [-0.2, 0) is 10.0 Å². The van der Waals surface area contributed by atoms with Gasteiger partial charge in [0.2, 0.25) is 0 Å². The van der Waals surface area contributed by atoms with E-state index in [4.69, 9.17) is 0 Å². The minimum atomic E-state index is -3.94. The number of nitrogens with zero attached hydrogens (tertiary/aromatic N) is 4. The summed E-state index contributed by atoms with van der Waals surface area (Å²) in [6.45, 7) is 8.72. The van der Waals surface area contributed by atoms with Crippen LogP contribution in [0.25, 0.3) is 4.96 Å². The number of rotatable bonds is 3. The predicted octanol–water partition coefficient (Wildman–Crippen LogP) is 2.58. The fraction of sp³-hybridized carbons (Fsp3) is 0.400. The summed E-state index contributed by atoms with van der Waals surface area (Å²) in [4.78, 5) is 20.8. The minimum Gasteiger partial charge on any atom is -0.366 e. The largest absolute Gasteiger partial charge is 0.366 e. The van der Waals surface area contributed by atoms with Crippen LogP contribution >= 0.6 is 11.3 Å². The number of anilines is 1. The molecule has 3 aromatic rings. The molecule has 0 N–H and O–H groups in total. The highest BCUT2D eigenvalue weighted by atomic mass is 32.2. The summed E-state index contributed by atoms with van der Waals surface area (Å²) < 4.78 is 29.5. The molecule has 1 aliphatic rings. The second-order valence-electron chi connectivity index (χ2n) is 7.57.